The van der Waals surface area contributed by atoms with E-state index in [1.54, 1.807) is 12.1 Å². The van der Waals surface area contributed by atoms with Crippen LogP contribution in [0.1, 0.15) is 28.5 Å². The number of amides is 2. The highest BCUT2D eigenvalue weighted by Gasteiger charge is 2.38. The molecule has 36 heavy (non-hydrogen) atoms. The number of rotatable bonds is 5. The van der Waals surface area contributed by atoms with Crippen LogP contribution >= 0.6 is 0 Å². The van der Waals surface area contributed by atoms with E-state index < -0.39 is 33.7 Å². The number of ether oxygens (including phenoxy) is 1. The summed E-state index contributed by atoms with van der Waals surface area (Å²) in [6, 6.07) is 9.59. The Balaban J connectivity index is 1.77. The first kappa shape index (κ1) is 25.1. The summed E-state index contributed by atoms with van der Waals surface area (Å²) >= 11 is 0. The smallest absolute Gasteiger partial charge is 0.410 e. The van der Waals surface area contributed by atoms with Crippen molar-refractivity contribution < 1.29 is 35.9 Å². The van der Waals surface area contributed by atoms with Crippen LogP contribution in [0, 0.1) is 0 Å². The number of hydrogen-bond donors (Lipinski definition) is 1. The molecule has 0 unspecified atom stereocenters. The number of benzene rings is 1. The second-order valence-corrected chi connectivity index (χ2v) is 9.95. The van der Waals surface area contributed by atoms with Crippen molar-refractivity contribution in [1.29, 1.82) is 0 Å². The molecule has 3 aromatic rings. The summed E-state index contributed by atoms with van der Waals surface area (Å²) in [5.41, 5.74) is -0.412. The average molecular weight is 520 g/mol. The summed E-state index contributed by atoms with van der Waals surface area (Å²) in [4.78, 5) is 33.1. The summed E-state index contributed by atoms with van der Waals surface area (Å²) in [6.07, 6.45) is -4.45. The molecule has 0 saturated carbocycles. The van der Waals surface area contributed by atoms with Gasteiger partial charge in [-0.3, -0.25) is 14.7 Å². The van der Waals surface area contributed by atoms with Crippen LogP contribution in [0.4, 0.5) is 23.8 Å². The molecule has 1 aromatic carbocycles. The average Bonchev–Trinajstić information content (AvgIpc) is 3.19. The highest BCUT2D eigenvalue weighted by Crippen LogP contribution is 2.36. The summed E-state index contributed by atoms with van der Waals surface area (Å²) in [5, 5.41) is 2.31. The highest BCUT2D eigenvalue weighted by molar-refractivity contribution is 7.91. The number of carbonyl (C=O) groups is 2. The summed E-state index contributed by atoms with van der Waals surface area (Å²) in [7, 11) is -2.44. The number of carbonyl (C=O) groups excluding carboxylic acids is 2. The molecule has 2 amide bonds. The van der Waals surface area contributed by atoms with Crippen LogP contribution in [-0.2, 0) is 22.6 Å². The lowest BCUT2D eigenvalue weighted by molar-refractivity contribution is -0.141. The molecule has 13 heteroatoms. The van der Waals surface area contributed by atoms with Crippen LogP contribution in [0.15, 0.2) is 53.6 Å². The number of fused-ring (bicyclic) bond motifs is 1. The standard InChI is InChI=1S/C23H19F3N4O5S/c1-3-36(33,34)18-9-8-17(13-4-6-15(7-5-13)35-22(32)27-2)29-20(18)30-12-14-11-28-19(23(24,25)26)10-16(14)21(30)31/h4-11H,3,12H2,1-2H3,(H,27,32). The van der Waals surface area contributed by atoms with Crippen molar-refractivity contribution in [2.45, 2.75) is 24.5 Å². The normalized spacial score (nSPS) is 13.5. The third-order valence-corrected chi connectivity index (χ3v) is 7.20. The Hall–Kier alpha value is -4.00. The van der Waals surface area contributed by atoms with Gasteiger partial charge in [0.2, 0.25) is 0 Å². The topological polar surface area (TPSA) is 119 Å². The van der Waals surface area contributed by atoms with E-state index in [4.69, 9.17) is 4.74 Å². The van der Waals surface area contributed by atoms with Gasteiger partial charge in [-0.15, -0.1) is 0 Å². The Kier molecular flexibility index (Phi) is 6.43. The van der Waals surface area contributed by atoms with Crippen molar-refractivity contribution in [3.8, 4) is 17.0 Å². The fourth-order valence-corrected chi connectivity index (χ4v) is 4.58. The molecular weight excluding hydrogens is 501 g/mol. The van der Waals surface area contributed by atoms with Crippen LogP contribution in [0.5, 0.6) is 5.75 Å². The lowest BCUT2D eigenvalue weighted by Gasteiger charge is -2.19. The lowest BCUT2D eigenvalue weighted by Crippen LogP contribution is -2.26. The fourth-order valence-electron chi connectivity index (χ4n) is 3.56. The van der Waals surface area contributed by atoms with Crippen LogP contribution < -0.4 is 15.0 Å². The van der Waals surface area contributed by atoms with Crippen molar-refractivity contribution in [2.75, 3.05) is 17.7 Å². The van der Waals surface area contributed by atoms with Crippen LogP contribution in [-0.4, -0.2) is 43.2 Å². The van der Waals surface area contributed by atoms with Gasteiger partial charge < -0.3 is 10.1 Å². The van der Waals surface area contributed by atoms with E-state index >= 15 is 0 Å². The Morgan fingerprint density at radius 1 is 1.17 bits per heavy atom. The molecule has 0 saturated heterocycles. The molecule has 2 aromatic heterocycles. The van der Waals surface area contributed by atoms with Gasteiger partial charge in [0, 0.05) is 29.9 Å². The fraction of sp³-hybridized carbons (Fsp3) is 0.217. The maximum atomic E-state index is 13.1. The zero-order chi connectivity index (χ0) is 26.3. The molecule has 1 aliphatic heterocycles. The Labute approximate surface area is 203 Å². The van der Waals surface area contributed by atoms with Gasteiger partial charge in [0.15, 0.2) is 15.7 Å². The van der Waals surface area contributed by atoms with Gasteiger partial charge in [-0.2, -0.15) is 13.2 Å². The van der Waals surface area contributed by atoms with E-state index in [0.29, 0.717) is 17.3 Å². The largest absolute Gasteiger partial charge is 0.433 e. The van der Waals surface area contributed by atoms with Crippen LogP contribution in [0.25, 0.3) is 11.3 Å². The van der Waals surface area contributed by atoms with E-state index in [-0.39, 0.29) is 39.9 Å². The number of alkyl halides is 3. The number of anilines is 1. The maximum absolute atomic E-state index is 13.1. The SMILES string of the molecule is CCS(=O)(=O)c1ccc(-c2ccc(OC(=O)NC)cc2)nc1N1Cc2cnc(C(F)(F)F)cc2C1=O. The molecule has 9 nitrogen and oxygen atoms in total. The number of nitrogens with one attached hydrogen (secondary N) is 1. The first-order valence-corrected chi connectivity index (χ1v) is 12.2. The van der Waals surface area contributed by atoms with Crippen molar-refractivity contribution in [1.82, 2.24) is 15.3 Å². The first-order valence-electron chi connectivity index (χ1n) is 10.6. The van der Waals surface area contributed by atoms with Gasteiger partial charge in [-0.25, -0.2) is 18.2 Å². The zero-order valence-corrected chi connectivity index (χ0v) is 19.8. The molecular formula is C23H19F3N4O5S. The van der Waals surface area contributed by atoms with Crippen LogP contribution in [0.2, 0.25) is 0 Å². The maximum Gasteiger partial charge on any atom is 0.433 e. The second-order valence-electron chi connectivity index (χ2n) is 7.70. The van der Waals surface area contributed by atoms with Crippen LogP contribution in [0.3, 0.4) is 0 Å². The molecule has 1 aliphatic rings. The Morgan fingerprint density at radius 2 is 1.86 bits per heavy atom. The van der Waals surface area contributed by atoms with Crippen molar-refractivity contribution in [3.05, 3.63) is 65.5 Å². The summed E-state index contributed by atoms with van der Waals surface area (Å²) in [5.74, 6) is -1.04. The summed E-state index contributed by atoms with van der Waals surface area (Å²) < 4.78 is 69.9. The van der Waals surface area contributed by atoms with E-state index in [9.17, 15) is 31.2 Å². The molecule has 0 radical (unpaired) electrons. The lowest BCUT2D eigenvalue weighted by atomic mass is 10.1. The number of sulfone groups is 1. The van der Waals surface area contributed by atoms with E-state index in [1.807, 2.05) is 0 Å². The molecule has 4 rings (SSSR count). The van der Waals surface area contributed by atoms with Gasteiger partial charge in [0.05, 0.1) is 18.0 Å². The Bertz CT molecular complexity index is 1460. The van der Waals surface area contributed by atoms with E-state index in [0.717, 1.165) is 11.1 Å². The predicted octanol–water partition coefficient (Wildman–Crippen LogP) is 3.83. The minimum absolute atomic E-state index is 0.194. The van der Waals surface area contributed by atoms with Gasteiger partial charge >= 0.3 is 12.3 Å². The molecule has 0 atom stereocenters. The minimum atomic E-state index is -4.74. The second kappa shape index (κ2) is 9.22. The molecule has 0 spiro atoms. The first-order chi connectivity index (χ1) is 16.9. The number of nitrogens with zero attached hydrogens (tertiary/aromatic N) is 3. The van der Waals surface area contributed by atoms with E-state index in [1.165, 1.54) is 38.2 Å². The number of hydrogen-bond acceptors (Lipinski definition) is 7. The van der Waals surface area contributed by atoms with Gasteiger partial charge in [-0.1, -0.05) is 6.92 Å². The van der Waals surface area contributed by atoms with Gasteiger partial charge in [0.25, 0.3) is 5.91 Å². The monoisotopic (exact) mass is 520 g/mol. The summed E-state index contributed by atoms with van der Waals surface area (Å²) in [6.45, 7) is 1.24. The quantitative estimate of drug-likeness (QED) is 0.543. The molecule has 0 fully saturated rings. The number of pyridine rings is 2. The third-order valence-electron chi connectivity index (χ3n) is 5.46. The highest BCUT2D eigenvalue weighted by atomic mass is 32.2. The van der Waals surface area contributed by atoms with Gasteiger partial charge in [0.1, 0.15) is 16.3 Å². The number of halogens is 3. The van der Waals surface area contributed by atoms with Crippen molar-refractivity contribution in [3.63, 3.8) is 0 Å². The van der Waals surface area contributed by atoms with Crippen molar-refractivity contribution in [2.24, 2.45) is 0 Å². The zero-order valence-electron chi connectivity index (χ0n) is 19.0. The molecule has 0 aliphatic carbocycles. The molecule has 0 bridgehead atoms. The third kappa shape index (κ3) is 4.73. The minimum Gasteiger partial charge on any atom is -0.410 e. The Morgan fingerprint density at radius 3 is 2.47 bits per heavy atom. The van der Waals surface area contributed by atoms with Crippen molar-refractivity contribution >= 4 is 27.7 Å². The molecule has 1 N–H and O–H groups in total. The van der Waals surface area contributed by atoms with Gasteiger partial charge in [-0.05, 0) is 42.5 Å². The molecule has 188 valence electrons. The number of aromatic nitrogens is 2. The van der Waals surface area contributed by atoms with E-state index in [2.05, 4.69) is 15.3 Å². The predicted molar refractivity (Wildman–Crippen MR) is 122 cm³/mol. The molecule has 3 heterocycles.